The van der Waals surface area contributed by atoms with Gasteiger partial charge in [0, 0.05) is 13.1 Å². The van der Waals surface area contributed by atoms with Crippen molar-refractivity contribution in [2.45, 2.75) is 33.2 Å². The number of carboxylic acid groups (broad SMARTS) is 1. The topological polar surface area (TPSA) is 58.6 Å². The fraction of sp³-hybridized carbons (Fsp3) is 0.471. The van der Waals surface area contributed by atoms with E-state index in [0.29, 0.717) is 32.5 Å². The first-order valence-corrected chi connectivity index (χ1v) is 7.34. The molecule has 0 fully saturated rings. The average molecular weight is 291 g/mol. The summed E-state index contributed by atoms with van der Waals surface area (Å²) in [4.78, 5) is 11.4. The Hall–Kier alpha value is -1.81. The lowest BCUT2D eigenvalue weighted by Crippen LogP contribution is -2.40. The number of carbonyl (C=O) groups is 1. The molecule has 1 aromatic rings. The van der Waals surface area contributed by atoms with E-state index in [1.54, 1.807) is 6.08 Å². The van der Waals surface area contributed by atoms with Gasteiger partial charge in [0.15, 0.2) is 0 Å². The van der Waals surface area contributed by atoms with Crippen LogP contribution in [0.1, 0.15) is 32.3 Å². The molecule has 0 spiro atoms. The molecule has 116 valence electrons. The molecular formula is C17H25NO3. The van der Waals surface area contributed by atoms with Crippen molar-refractivity contribution in [3.05, 3.63) is 42.5 Å². The van der Waals surface area contributed by atoms with E-state index >= 15 is 0 Å². The lowest BCUT2D eigenvalue weighted by Gasteiger charge is -2.27. The first-order chi connectivity index (χ1) is 10.1. The Morgan fingerprint density at radius 3 is 2.71 bits per heavy atom. The molecule has 0 saturated carbocycles. The summed E-state index contributed by atoms with van der Waals surface area (Å²) >= 11 is 0. The minimum atomic E-state index is -0.733. The van der Waals surface area contributed by atoms with Crippen LogP contribution in [0.4, 0.5) is 0 Å². The van der Waals surface area contributed by atoms with Crippen LogP contribution in [0, 0.1) is 5.41 Å². The zero-order valence-electron chi connectivity index (χ0n) is 12.9. The summed E-state index contributed by atoms with van der Waals surface area (Å²) in [6, 6.07) is 7.77. The number of hydrogen-bond acceptors (Lipinski definition) is 3. The lowest BCUT2D eigenvalue weighted by molar-refractivity contribution is -0.149. The lowest BCUT2D eigenvalue weighted by atomic mass is 9.82. The van der Waals surface area contributed by atoms with E-state index in [4.69, 9.17) is 4.74 Å². The van der Waals surface area contributed by atoms with Gasteiger partial charge in [-0.2, -0.15) is 0 Å². The van der Waals surface area contributed by atoms with Crippen LogP contribution in [-0.2, 0) is 11.3 Å². The van der Waals surface area contributed by atoms with E-state index in [9.17, 15) is 9.90 Å². The highest BCUT2D eigenvalue weighted by Crippen LogP contribution is 2.25. The molecule has 1 rings (SSSR count). The molecule has 0 aromatic heterocycles. The highest BCUT2D eigenvalue weighted by atomic mass is 16.5. The largest absolute Gasteiger partial charge is 0.490 e. The fourth-order valence-electron chi connectivity index (χ4n) is 2.22. The van der Waals surface area contributed by atoms with Gasteiger partial charge in [-0.25, -0.2) is 0 Å². The summed E-state index contributed by atoms with van der Waals surface area (Å²) in [6.45, 7) is 9.02. The predicted molar refractivity (Wildman–Crippen MR) is 84.5 cm³/mol. The molecule has 0 atom stereocenters. The Morgan fingerprint density at radius 2 is 2.14 bits per heavy atom. The first-order valence-electron chi connectivity index (χ1n) is 7.34. The normalized spacial score (nSPS) is 11.1. The number of rotatable bonds is 10. The predicted octanol–water partition coefficient (Wildman–Crippen LogP) is 3.23. The molecule has 0 bridgehead atoms. The molecule has 21 heavy (non-hydrogen) atoms. The number of carboxylic acids is 1. The zero-order chi connectivity index (χ0) is 15.7. The second-order valence-electron chi connectivity index (χ2n) is 5.14. The van der Waals surface area contributed by atoms with Crippen LogP contribution in [0.5, 0.6) is 5.75 Å². The molecule has 0 radical (unpaired) electrons. The van der Waals surface area contributed by atoms with Gasteiger partial charge in [0.25, 0.3) is 0 Å². The average Bonchev–Trinajstić information content (AvgIpc) is 2.50. The van der Waals surface area contributed by atoms with Crippen LogP contribution in [-0.4, -0.2) is 24.2 Å². The van der Waals surface area contributed by atoms with E-state index in [0.717, 1.165) is 11.3 Å². The van der Waals surface area contributed by atoms with Gasteiger partial charge >= 0.3 is 5.97 Å². The minimum absolute atomic E-state index is 0.465. The number of benzene rings is 1. The van der Waals surface area contributed by atoms with Crippen molar-refractivity contribution in [2.24, 2.45) is 5.41 Å². The molecule has 0 aliphatic rings. The third-order valence-electron chi connectivity index (χ3n) is 3.87. The van der Waals surface area contributed by atoms with Crippen molar-refractivity contribution in [2.75, 3.05) is 13.2 Å². The van der Waals surface area contributed by atoms with E-state index < -0.39 is 11.4 Å². The SMILES string of the molecule is C=CCOc1cccc(CNCC(CC)(CC)C(=O)O)c1. The van der Waals surface area contributed by atoms with Gasteiger partial charge in [-0.05, 0) is 30.5 Å². The maximum absolute atomic E-state index is 11.4. The standard InChI is InChI=1S/C17H25NO3/c1-4-10-21-15-9-7-8-14(11-15)12-18-13-17(5-2,6-3)16(19)20/h4,7-9,11,18H,1,5-6,10,12-13H2,2-3H3,(H,19,20). The number of ether oxygens (including phenoxy) is 1. The van der Waals surface area contributed by atoms with Crippen LogP contribution in [0.15, 0.2) is 36.9 Å². The number of nitrogens with one attached hydrogen (secondary N) is 1. The monoisotopic (exact) mass is 291 g/mol. The Bertz CT molecular complexity index is 467. The highest BCUT2D eigenvalue weighted by molar-refractivity contribution is 5.74. The second kappa shape index (κ2) is 8.47. The first kappa shape index (κ1) is 17.2. The summed E-state index contributed by atoms with van der Waals surface area (Å²) in [5.74, 6) is 0.0627. The van der Waals surface area contributed by atoms with Crippen LogP contribution >= 0.6 is 0 Å². The van der Waals surface area contributed by atoms with E-state index in [1.165, 1.54) is 0 Å². The molecule has 1 aromatic carbocycles. The quantitative estimate of drug-likeness (QED) is 0.650. The van der Waals surface area contributed by atoms with E-state index in [1.807, 2.05) is 38.1 Å². The van der Waals surface area contributed by atoms with Crippen molar-refractivity contribution >= 4 is 5.97 Å². The molecule has 2 N–H and O–H groups in total. The number of aliphatic carboxylic acids is 1. The van der Waals surface area contributed by atoms with Crippen molar-refractivity contribution in [3.63, 3.8) is 0 Å². The van der Waals surface area contributed by atoms with Crippen LogP contribution in [0.25, 0.3) is 0 Å². The third-order valence-corrected chi connectivity index (χ3v) is 3.87. The van der Waals surface area contributed by atoms with Crippen molar-refractivity contribution in [1.29, 1.82) is 0 Å². The molecular weight excluding hydrogens is 266 g/mol. The van der Waals surface area contributed by atoms with Gasteiger partial charge < -0.3 is 15.2 Å². The van der Waals surface area contributed by atoms with Crippen molar-refractivity contribution in [1.82, 2.24) is 5.32 Å². The molecule has 0 unspecified atom stereocenters. The summed E-state index contributed by atoms with van der Waals surface area (Å²) in [6.07, 6.45) is 2.94. The molecule has 0 saturated heterocycles. The fourth-order valence-corrected chi connectivity index (χ4v) is 2.22. The van der Waals surface area contributed by atoms with Crippen LogP contribution in [0.3, 0.4) is 0 Å². The molecule has 0 aliphatic heterocycles. The van der Waals surface area contributed by atoms with Gasteiger partial charge in [-0.1, -0.05) is 38.6 Å². The van der Waals surface area contributed by atoms with Crippen molar-refractivity contribution in [3.8, 4) is 5.75 Å². The van der Waals surface area contributed by atoms with Crippen LogP contribution < -0.4 is 10.1 Å². The van der Waals surface area contributed by atoms with Crippen molar-refractivity contribution < 1.29 is 14.6 Å². The Balaban J connectivity index is 2.58. The maximum Gasteiger partial charge on any atom is 0.310 e. The zero-order valence-corrected chi connectivity index (χ0v) is 12.9. The summed E-state index contributed by atoms with van der Waals surface area (Å²) in [5, 5.41) is 12.6. The maximum atomic E-state index is 11.4. The summed E-state index contributed by atoms with van der Waals surface area (Å²) < 4.78 is 5.48. The van der Waals surface area contributed by atoms with E-state index in [2.05, 4.69) is 11.9 Å². The van der Waals surface area contributed by atoms with Gasteiger partial charge in [0.2, 0.25) is 0 Å². The Morgan fingerprint density at radius 1 is 1.43 bits per heavy atom. The molecule has 4 heteroatoms. The Kier molecular flexibility index (Phi) is 6.96. The number of hydrogen-bond donors (Lipinski definition) is 2. The summed E-state index contributed by atoms with van der Waals surface area (Å²) in [5.41, 5.74) is 0.389. The Labute approximate surface area is 126 Å². The van der Waals surface area contributed by atoms with Gasteiger partial charge in [0.05, 0.1) is 5.41 Å². The molecule has 0 amide bonds. The van der Waals surface area contributed by atoms with Gasteiger partial charge in [-0.3, -0.25) is 4.79 Å². The van der Waals surface area contributed by atoms with Crippen LogP contribution in [0.2, 0.25) is 0 Å². The summed E-state index contributed by atoms with van der Waals surface area (Å²) in [7, 11) is 0. The van der Waals surface area contributed by atoms with Gasteiger partial charge in [0.1, 0.15) is 12.4 Å². The second-order valence-corrected chi connectivity index (χ2v) is 5.14. The third kappa shape index (κ3) is 4.90. The smallest absolute Gasteiger partial charge is 0.310 e. The minimum Gasteiger partial charge on any atom is -0.490 e. The molecule has 4 nitrogen and oxygen atoms in total. The highest BCUT2D eigenvalue weighted by Gasteiger charge is 2.34. The van der Waals surface area contributed by atoms with Gasteiger partial charge in [-0.15, -0.1) is 0 Å². The van der Waals surface area contributed by atoms with E-state index in [-0.39, 0.29) is 0 Å². The molecule has 0 heterocycles. The molecule has 0 aliphatic carbocycles.